The number of anilines is 1. The fourth-order valence-corrected chi connectivity index (χ4v) is 3.74. The number of nitrogen functional groups attached to an aromatic ring is 1. The molecule has 1 aliphatic carbocycles. The molecule has 28 heavy (non-hydrogen) atoms. The number of aromatic nitrogens is 2. The van der Waals surface area contributed by atoms with E-state index in [-0.39, 0.29) is 18.2 Å². The van der Waals surface area contributed by atoms with E-state index in [4.69, 9.17) is 15.2 Å². The molecule has 1 aliphatic rings. The summed E-state index contributed by atoms with van der Waals surface area (Å²) in [5, 5.41) is 7.32. The summed E-state index contributed by atoms with van der Waals surface area (Å²) in [6.45, 7) is 7.47. The number of rotatable bonds is 4. The molecule has 3 rings (SSSR count). The molecular weight excluding hydrogens is 424 g/mol. The Bertz CT molecular complexity index is 860. The summed E-state index contributed by atoms with van der Waals surface area (Å²) in [5.74, 6) is 1.35. The van der Waals surface area contributed by atoms with E-state index in [1.54, 1.807) is 4.68 Å². The van der Waals surface area contributed by atoms with Crippen molar-refractivity contribution in [2.24, 2.45) is 0 Å². The molecule has 0 aliphatic heterocycles. The summed E-state index contributed by atoms with van der Waals surface area (Å²) < 4.78 is 14.0. The van der Waals surface area contributed by atoms with Crippen molar-refractivity contribution < 1.29 is 14.3 Å². The second-order valence-corrected chi connectivity index (χ2v) is 8.99. The van der Waals surface area contributed by atoms with E-state index in [9.17, 15) is 4.79 Å². The number of aryl methyl sites for hydroxylation is 1. The molecule has 3 N–H and O–H groups in total. The predicted octanol–water partition coefficient (Wildman–Crippen LogP) is 4.35. The number of hydrogen-bond donors (Lipinski definition) is 2. The maximum absolute atomic E-state index is 11.9. The molecule has 0 radical (unpaired) electrons. The fourth-order valence-electron chi connectivity index (χ4n) is 3.28. The Balaban J connectivity index is 1.59. The molecule has 1 heterocycles. The number of halogens is 1. The smallest absolute Gasteiger partial charge is 0.407 e. The molecule has 1 fully saturated rings. The largest absolute Gasteiger partial charge is 0.489 e. The van der Waals surface area contributed by atoms with Gasteiger partial charge in [0.25, 0.3) is 0 Å². The topological polar surface area (TPSA) is 91.4 Å². The van der Waals surface area contributed by atoms with Gasteiger partial charge in [-0.3, -0.25) is 0 Å². The molecule has 1 aromatic carbocycles. The maximum Gasteiger partial charge on any atom is 0.407 e. The number of carbonyl (C=O) groups excluding carboxylic acids is 1. The quantitative estimate of drug-likeness (QED) is 0.721. The highest BCUT2D eigenvalue weighted by Gasteiger charge is 2.29. The second kappa shape index (κ2) is 8.03. The molecule has 1 saturated carbocycles. The Hall–Kier alpha value is -2.22. The number of nitrogens with one attached hydrogen (secondary N) is 1. The second-order valence-electron chi connectivity index (χ2n) is 8.13. The third kappa shape index (κ3) is 5.19. The average molecular weight is 451 g/mol. The highest BCUT2D eigenvalue weighted by atomic mass is 79.9. The number of nitrogens with zero attached hydrogens (tertiary/aromatic N) is 2. The highest BCUT2D eigenvalue weighted by molar-refractivity contribution is 9.10. The Kier molecular flexibility index (Phi) is 5.88. The zero-order valence-electron chi connectivity index (χ0n) is 16.7. The minimum Gasteiger partial charge on any atom is -0.489 e. The van der Waals surface area contributed by atoms with E-state index in [1.807, 2.05) is 52.0 Å². The van der Waals surface area contributed by atoms with E-state index in [2.05, 4.69) is 26.3 Å². The standard InChI is InChI=1S/C20H27BrN4O3/c1-12-9-18(22)25(24-12)14-6-8-17(16(21)11-14)27-15-7-5-13(10-15)23-19(26)28-20(2,3)4/h6,8-9,11,13,15H,5,7,10,22H2,1-4H3,(H,23,26)/t13-,15?/m1/s1. The average Bonchev–Trinajstić information content (AvgIpc) is 3.13. The third-order valence-electron chi connectivity index (χ3n) is 4.42. The fraction of sp³-hybridized carbons (Fsp3) is 0.500. The van der Waals surface area contributed by atoms with Crippen LogP contribution in [0.15, 0.2) is 28.7 Å². The van der Waals surface area contributed by atoms with Gasteiger partial charge < -0.3 is 20.5 Å². The number of hydrogen-bond acceptors (Lipinski definition) is 5. The lowest BCUT2D eigenvalue weighted by Gasteiger charge is -2.22. The van der Waals surface area contributed by atoms with Crippen molar-refractivity contribution in [2.45, 2.75) is 64.7 Å². The van der Waals surface area contributed by atoms with Crippen LogP contribution in [0.5, 0.6) is 5.75 Å². The van der Waals surface area contributed by atoms with Gasteiger partial charge in [0.05, 0.1) is 15.9 Å². The molecule has 0 saturated heterocycles. The summed E-state index contributed by atoms with van der Waals surface area (Å²) in [7, 11) is 0. The summed E-state index contributed by atoms with van der Waals surface area (Å²) in [5.41, 5.74) is 7.22. The van der Waals surface area contributed by atoms with E-state index in [0.29, 0.717) is 5.82 Å². The number of amides is 1. The first kappa shape index (κ1) is 20.5. The summed E-state index contributed by atoms with van der Waals surface area (Å²) in [4.78, 5) is 11.9. The van der Waals surface area contributed by atoms with Gasteiger partial charge in [0.15, 0.2) is 0 Å². The van der Waals surface area contributed by atoms with Crippen LogP contribution in [0.4, 0.5) is 10.6 Å². The van der Waals surface area contributed by atoms with Crippen LogP contribution in [0, 0.1) is 6.92 Å². The van der Waals surface area contributed by atoms with Crippen molar-refractivity contribution in [3.63, 3.8) is 0 Å². The van der Waals surface area contributed by atoms with Crippen molar-refractivity contribution in [1.29, 1.82) is 0 Å². The lowest BCUT2D eigenvalue weighted by Crippen LogP contribution is -2.38. The van der Waals surface area contributed by atoms with Crippen molar-refractivity contribution in [3.05, 3.63) is 34.4 Å². The Labute approximate surface area is 173 Å². The van der Waals surface area contributed by atoms with Crippen LogP contribution in [0.1, 0.15) is 45.7 Å². The normalized spacial score (nSPS) is 19.5. The Morgan fingerprint density at radius 3 is 2.68 bits per heavy atom. The molecule has 152 valence electrons. The Morgan fingerprint density at radius 1 is 1.32 bits per heavy atom. The lowest BCUT2D eigenvalue weighted by molar-refractivity contribution is 0.0503. The van der Waals surface area contributed by atoms with Gasteiger partial charge in [-0.05, 0) is 74.7 Å². The van der Waals surface area contributed by atoms with Gasteiger partial charge in [-0.25, -0.2) is 9.48 Å². The molecule has 1 amide bonds. The predicted molar refractivity (Wildman–Crippen MR) is 112 cm³/mol. The minimum atomic E-state index is -0.498. The Morgan fingerprint density at radius 2 is 2.07 bits per heavy atom. The maximum atomic E-state index is 11.9. The summed E-state index contributed by atoms with van der Waals surface area (Å²) >= 11 is 3.57. The first-order chi connectivity index (χ1) is 13.1. The number of benzene rings is 1. The van der Waals surface area contributed by atoms with Crippen molar-refractivity contribution in [1.82, 2.24) is 15.1 Å². The molecular formula is C20H27BrN4O3. The van der Waals surface area contributed by atoms with Crippen molar-refractivity contribution in [3.8, 4) is 11.4 Å². The molecule has 1 unspecified atom stereocenters. The summed E-state index contributed by atoms with van der Waals surface area (Å²) in [6, 6.07) is 7.65. The van der Waals surface area contributed by atoms with E-state index in [1.165, 1.54) is 0 Å². The van der Waals surface area contributed by atoms with Crippen molar-refractivity contribution >= 4 is 27.8 Å². The van der Waals surface area contributed by atoms with Gasteiger partial charge in [-0.15, -0.1) is 0 Å². The highest BCUT2D eigenvalue weighted by Crippen LogP contribution is 2.32. The van der Waals surface area contributed by atoms with Crippen LogP contribution in [0.2, 0.25) is 0 Å². The van der Waals surface area contributed by atoms with Gasteiger partial charge in [0.1, 0.15) is 23.3 Å². The first-order valence-corrected chi connectivity index (χ1v) is 10.2. The molecule has 2 aromatic rings. The van der Waals surface area contributed by atoms with Crippen LogP contribution in [0.25, 0.3) is 5.69 Å². The molecule has 8 heteroatoms. The van der Waals surface area contributed by atoms with Gasteiger partial charge in [-0.1, -0.05) is 0 Å². The van der Waals surface area contributed by atoms with Crippen LogP contribution in [-0.2, 0) is 4.74 Å². The van der Waals surface area contributed by atoms with Crippen LogP contribution in [0.3, 0.4) is 0 Å². The van der Waals surface area contributed by atoms with Crippen molar-refractivity contribution in [2.75, 3.05) is 5.73 Å². The van der Waals surface area contributed by atoms with Gasteiger partial charge in [0, 0.05) is 18.5 Å². The molecule has 0 spiro atoms. The van der Waals surface area contributed by atoms with Gasteiger partial charge >= 0.3 is 6.09 Å². The molecule has 1 aromatic heterocycles. The third-order valence-corrected chi connectivity index (χ3v) is 5.04. The first-order valence-electron chi connectivity index (χ1n) is 9.39. The summed E-state index contributed by atoms with van der Waals surface area (Å²) in [6.07, 6.45) is 2.15. The van der Waals surface area contributed by atoms with E-state index < -0.39 is 5.60 Å². The minimum absolute atomic E-state index is 0.0408. The van der Waals surface area contributed by atoms with Gasteiger partial charge in [-0.2, -0.15) is 5.10 Å². The van der Waals surface area contributed by atoms with Crippen LogP contribution >= 0.6 is 15.9 Å². The SMILES string of the molecule is Cc1cc(N)n(-c2ccc(OC3CC[C@@H](NC(=O)OC(C)(C)C)C3)c(Br)c2)n1. The lowest BCUT2D eigenvalue weighted by atomic mass is 10.2. The monoisotopic (exact) mass is 450 g/mol. The molecule has 7 nitrogen and oxygen atoms in total. The number of alkyl carbamates (subject to hydrolysis) is 1. The van der Waals surface area contributed by atoms with E-state index >= 15 is 0 Å². The number of nitrogens with two attached hydrogens (primary N) is 1. The van der Waals surface area contributed by atoms with Crippen LogP contribution < -0.4 is 15.8 Å². The zero-order valence-corrected chi connectivity index (χ0v) is 18.2. The number of carbonyl (C=O) groups is 1. The van der Waals surface area contributed by atoms with Crippen LogP contribution in [-0.4, -0.2) is 33.6 Å². The van der Waals surface area contributed by atoms with E-state index in [0.717, 1.165) is 40.9 Å². The molecule has 0 bridgehead atoms. The zero-order chi connectivity index (χ0) is 20.5. The van der Waals surface area contributed by atoms with Gasteiger partial charge in [0.2, 0.25) is 0 Å². The molecule has 2 atom stereocenters. The number of ether oxygens (including phenoxy) is 2.